The fourth-order valence-corrected chi connectivity index (χ4v) is 1.18. The number of esters is 2. The lowest BCUT2D eigenvalue weighted by Crippen LogP contribution is -2.44. The van der Waals surface area contributed by atoms with Gasteiger partial charge >= 0.3 is 23.9 Å². The number of carbonyl (C=O) groups excluding carboxylic acids is 2. The quantitative estimate of drug-likeness (QED) is 0.146. The summed E-state index contributed by atoms with van der Waals surface area (Å²) >= 11 is 0. The van der Waals surface area contributed by atoms with Crippen LogP contribution < -0.4 is 5.73 Å². The number of likely N-dealkylation sites (N-methyl/N-ethyl adjacent to an activating group) is 1. The zero-order valence-corrected chi connectivity index (χ0v) is 11.0. The molecule has 0 bridgehead atoms. The normalized spacial score (nSPS) is 12.9. The summed E-state index contributed by atoms with van der Waals surface area (Å²) in [6, 6.07) is 0. The Balaban J connectivity index is 4.65. The van der Waals surface area contributed by atoms with Crippen molar-refractivity contribution in [2.45, 2.75) is 18.4 Å². The van der Waals surface area contributed by atoms with E-state index < -0.39 is 54.8 Å². The van der Waals surface area contributed by atoms with E-state index in [9.17, 15) is 24.3 Å². The van der Waals surface area contributed by atoms with Crippen LogP contribution in [0.1, 0.15) is 12.8 Å². The Labute approximate surface area is 118 Å². The Kier molecular flexibility index (Phi) is 6.27. The molecule has 0 spiro atoms. The second-order valence-corrected chi connectivity index (χ2v) is 4.17. The number of carbonyl (C=O) groups is 4. The zero-order valence-electron chi connectivity index (χ0n) is 11.0. The molecule has 0 saturated heterocycles. The van der Waals surface area contributed by atoms with Gasteiger partial charge in [0, 0.05) is 7.05 Å². The molecule has 0 aromatic heterocycles. The molecule has 0 aliphatic rings. The van der Waals surface area contributed by atoms with E-state index in [1.807, 2.05) is 0 Å². The lowest BCUT2D eigenvalue weighted by molar-refractivity contribution is -0.174. The highest BCUT2D eigenvalue weighted by Gasteiger charge is 2.41. The average molecular weight is 305 g/mol. The van der Waals surface area contributed by atoms with Gasteiger partial charge in [-0.3, -0.25) is 15.0 Å². The Morgan fingerprint density at radius 2 is 1.71 bits per heavy atom. The van der Waals surface area contributed by atoms with Gasteiger partial charge in [-0.1, -0.05) is 0 Å². The first-order chi connectivity index (χ1) is 9.47. The molecule has 0 aromatic carbocycles. The summed E-state index contributed by atoms with van der Waals surface area (Å²) in [5, 5.41) is 33.7. The maximum Gasteiger partial charge on any atom is 0.336 e. The van der Waals surface area contributed by atoms with Crippen LogP contribution >= 0.6 is 0 Å². The van der Waals surface area contributed by atoms with E-state index in [-0.39, 0.29) is 0 Å². The number of hydrogen-bond acceptors (Lipinski definition) is 7. The molecule has 0 radical (unpaired) electrons. The first kappa shape index (κ1) is 18.3. The van der Waals surface area contributed by atoms with Crippen LogP contribution in [0.25, 0.3) is 0 Å². The molecule has 0 fully saturated rings. The van der Waals surface area contributed by atoms with Gasteiger partial charge in [-0.25, -0.2) is 9.59 Å². The summed E-state index contributed by atoms with van der Waals surface area (Å²) < 4.78 is 4.21. The number of aliphatic hydroxyl groups is 1. The second kappa shape index (κ2) is 7.19. The number of hydrogen-bond donors (Lipinski definition) is 5. The third-order valence-corrected chi connectivity index (χ3v) is 2.28. The van der Waals surface area contributed by atoms with Gasteiger partial charge in [0.2, 0.25) is 0 Å². The van der Waals surface area contributed by atoms with Crippen molar-refractivity contribution in [3.63, 3.8) is 0 Å². The lowest BCUT2D eigenvalue weighted by Gasteiger charge is -2.20. The van der Waals surface area contributed by atoms with E-state index in [0.717, 1.165) is 4.90 Å². The minimum Gasteiger partial charge on any atom is -0.481 e. The molecular formula is C10H15N3O8. The molecule has 0 heterocycles. The lowest BCUT2D eigenvalue weighted by atomic mass is 9.96. The van der Waals surface area contributed by atoms with Crippen molar-refractivity contribution < 1.29 is 39.2 Å². The van der Waals surface area contributed by atoms with Gasteiger partial charge in [-0.05, 0) is 0 Å². The summed E-state index contributed by atoms with van der Waals surface area (Å²) in [6.07, 6.45) is -2.46. The van der Waals surface area contributed by atoms with E-state index in [2.05, 4.69) is 4.74 Å². The number of nitrogens with one attached hydrogen (secondary N) is 1. The molecule has 0 aliphatic heterocycles. The number of carboxylic acids is 2. The molecule has 0 aliphatic carbocycles. The molecular weight excluding hydrogens is 290 g/mol. The second-order valence-electron chi connectivity index (χ2n) is 4.17. The molecule has 1 atom stereocenters. The maximum atomic E-state index is 11.3. The average Bonchev–Trinajstić information content (AvgIpc) is 2.26. The van der Waals surface area contributed by atoms with Gasteiger partial charge in [0.25, 0.3) is 0 Å². The van der Waals surface area contributed by atoms with Crippen LogP contribution in [0.15, 0.2) is 0 Å². The van der Waals surface area contributed by atoms with E-state index in [0.29, 0.717) is 0 Å². The number of guanidine groups is 1. The van der Waals surface area contributed by atoms with E-state index in [1.165, 1.54) is 7.05 Å². The van der Waals surface area contributed by atoms with Gasteiger partial charge in [0.1, 0.15) is 6.54 Å². The van der Waals surface area contributed by atoms with Gasteiger partial charge in [0.05, 0.1) is 12.8 Å². The van der Waals surface area contributed by atoms with Crippen LogP contribution in [-0.4, -0.2) is 69.2 Å². The van der Waals surface area contributed by atoms with Crippen LogP contribution in [0.5, 0.6) is 0 Å². The van der Waals surface area contributed by atoms with Crippen molar-refractivity contribution in [3.05, 3.63) is 0 Å². The van der Waals surface area contributed by atoms with Crippen molar-refractivity contribution >= 4 is 29.8 Å². The molecule has 0 saturated carbocycles. The highest BCUT2D eigenvalue weighted by Crippen LogP contribution is 2.17. The molecule has 118 valence electrons. The Bertz CT molecular complexity index is 477. The fourth-order valence-electron chi connectivity index (χ4n) is 1.18. The third-order valence-electron chi connectivity index (χ3n) is 2.28. The summed E-state index contributed by atoms with van der Waals surface area (Å²) in [7, 11) is 1.27. The first-order valence-electron chi connectivity index (χ1n) is 5.44. The number of carboxylic acid groups (broad SMARTS) is 2. The predicted octanol–water partition coefficient (Wildman–Crippen LogP) is -2.44. The minimum atomic E-state index is -2.88. The minimum absolute atomic E-state index is 0.465. The Morgan fingerprint density at radius 1 is 1.19 bits per heavy atom. The molecule has 0 amide bonds. The highest BCUT2D eigenvalue weighted by molar-refractivity contribution is 5.93. The largest absolute Gasteiger partial charge is 0.481 e. The van der Waals surface area contributed by atoms with Crippen molar-refractivity contribution in [2.75, 3.05) is 13.6 Å². The zero-order chi connectivity index (χ0) is 16.8. The van der Waals surface area contributed by atoms with Crippen molar-refractivity contribution in [1.82, 2.24) is 4.90 Å². The van der Waals surface area contributed by atoms with Crippen LogP contribution in [0.3, 0.4) is 0 Å². The van der Waals surface area contributed by atoms with Crippen LogP contribution in [0.2, 0.25) is 0 Å². The Morgan fingerprint density at radius 3 is 2.10 bits per heavy atom. The van der Waals surface area contributed by atoms with Crippen molar-refractivity contribution in [2.24, 2.45) is 5.73 Å². The van der Waals surface area contributed by atoms with Gasteiger partial charge in [-0.15, -0.1) is 0 Å². The first-order valence-corrected chi connectivity index (χ1v) is 5.44. The van der Waals surface area contributed by atoms with Crippen LogP contribution in [0, 0.1) is 5.41 Å². The van der Waals surface area contributed by atoms with E-state index in [4.69, 9.17) is 21.4 Å². The smallest absolute Gasteiger partial charge is 0.336 e. The molecule has 1 unspecified atom stereocenters. The molecule has 6 N–H and O–H groups in total. The molecule has 21 heavy (non-hydrogen) atoms. The summed E-state index contributed by atoms with van der Waals surface area (Å²) in [4.78, 5) is 44.8. The summed E-state index contributed by atoms with van der Waals surface area (Å²) in [5.74, 6) is -6.60. The molecule has 0 aromatic rings. The number of nitrogens with two attached hydrogens (primary N) is 1. The Hall–Kier alpha value is -2.69. The number of aliphatic carboxylic acids is 2. The number of nitrogens with zero attached hydrogens (tertiary/aromatic N) is 1. The standard InChI is InChI=1S/C10H15N3O8/c1-13(9(11)12)4-7(17)21-6(16)3-10(20,8(18)19)2-5(14)15/h20H,2-4H2,1H3,(H3,11,12)(H,14,15)(H,18,19). The van der Waals surface area contributed by atoms with Gasteiger partial charge in [-0.2, -0.15) is 0 Å². The van der Waals surface area contributed by atoms with Gasteiger partial charge in [0.15, 0.2) is 11.6 Å². The van der Waals surface area contributed by atoms with E-state index >= 15 is 0 Å². The summed E-state index contributed by atoms with van der Waals surface area (Å²) in [6.45, 7) is -0.550. The predicted molar refractivity (Wildman–Crippen MR) is 65.1 cm³/mol. The SMILES string of the molecule is CN(CC(=O)OC(=O)CC(O)(CC(=O)O)C(=O)O)C(=N)N. The fraction of sp³-hybridized carbons (Fsp3) is 0.500. The third kappa shape index (κ3) is 6.33. The van der Waals surface area contributed by atoms with Crippen molar-refractivity contribution in [1.29, 1.82) is 5.41 Å². The van der Waals surface area contributed by atoms with Crippen molar-refractivity contribution in [3.8, 4) is 0 Å². The maximum absolute atomic E-state index is 11.3. The van der Waals surface area contributed by atoms with Crippen LogP contribution in [0.4, 0.5) is 0 Å². The molecule has 11 heteroatoms. The highest BCUT2D eigenvalue weighted by atomic mass is 16.6. The molecule has 0 rings (SSSR count). The number of rotatable bonds is 7. The van der Waals surface area contributed by atoms with Gasteiger partial charge < -0.3 is 30.7 Å². The number of ether oxygens (including phenoxy) is 1. The van der Waals surface area contributed by atoms with Crippen LogP contribution in [-0.2, 0) is 23.9 Å². The monoisotopic (exact) mass is 305 g/mol. The van der Waals surface area contributed by atoms with E-state index in [1.54, 1.807) is 0 Å². The summed E-state index contributed by atoms with van der Waals surface area (Å²) in [5.41, 5.74) is 2.17. The molecule has 11 nitrogen and oxygen atoms in total. The topological polar surface area (TPSA) is 191 Å².